The molecule has 3 heterocycles. The number of nitrogens with zero attached hydrogens (tertiary/aromatic N) is 2. The van der Waals surface area contributed by atoms with Gasteiger partial charge in [-0.1, -0.05) is 18.2 Å². The van der Waals surface area contributed by atoms with Crippen molar-refractivity contribution < 1.29 is 33.3 Å². The molecule has 0 saturated carbocycles. The van der Waals surface area contributed by atoms with Crippen LogP contribution in [-0.4, -0.2) is 53.9 Å². The predicted molar refractivity (Wildman–Crippen MR) is 150 cm³/mol. The number of benzene rings is 3. The molecular formula is C31H30N2O7. The summed E-state index contributed by atoms with van der Waals surface area (Å²) >= 11 is 0. The van der Waals surface area contributed by atoms with Crippen LogP contribution in [0.25, 0.3) is 6.08 Å². The summed E-state index contributed by atoms with van der Waals surface area (Å²) in [6.45, 7) is 0.674. The number of hydrogen-bond donors (Lipinski definition) is 0. The van der Waals surface area contributed by atoms with Gasteiger partial charge in [-0.25, -0.2) is 4.90 Å². The second-order valence-electron chi connectivity index (χ2n) is 9.79. The number of carbonyl (C=O) groups excluding carboxylic acids is 2. The molecule has 2 atom stereocenters. The number of imide groups is 1. The van der Waals surface area contributed by atoms with E-state index in [9.17, 15) is 9.59 Å². The van der Waals surface area contributed by atoms with Crippen LogP contribution in [0.5, 0.6) is 28.7 Å². The van der Waals surface area contributed by atoms with E-state index in [1.54, 1.807) is 26.4 Å². The molecule has 3 aliphatic rings. The van der Waals surface area contributed by atoms with Crippen LogP contribution in [0.2, 0.25) is 0 Å². The highest BCUT2D eigenvalue weighted by Gasteiger charge is 2.52. The molecule has 1 fully saturated rings. The number of amides is 2. The Labute approximate surface area is 232 Å². The second-order valence-corrected chi connectivity index (χ2v) is 9.79. The molecule has 2 amide bonds. The smallest absolute Gasteiger partial charge is 0.261 e. The van der Waals surface area contributed by atoms with Crippen LogP contribution in [0.15, 0.2) is 54.1 Å². The van der Waals surface area contributed by atoms with Crippen LogP contribution in [0, 0.1) is 5.92 Å². The maximum absolute atomic E-state index is 14.4. The summed E-state index contributed by atoms with van der Waals surface area (Å²) in [5.41, 5.74) is 4.65. The van der Waals surface area contributed by atoms with Crippen molar-refractivity contribution in [2.45, 2.75) is 12.5 Å². The minimum Gasteiger partial charge on any atom is -0.493 e. The average molecular weight is 543 g/mol. The van der Waals surface area contributed by atoms with Gasteiger partial charge in [-0.2, -0.15) is 0 Å². The summed E-state index contributed by atoms with van der Waals surface area (Å²) in [6.07, 6.45) is 2.61. The Balaban J connectivity index is 1.56. The molecule has 40 heavy (non-hydrogen) atoms. The average Bonchev–Trinajstić information content (AvgIpc) is 3.13. The third kappa shape index (κ3) is 3.68. The van der Waals surface area contributed by atoms with Gasteiger partial charge >= 0.3 is 0 Å². The van der Waals surface area contributed by atoms with E-state index >= 15 is 0 Å². The maximum Gasteiger partial charge on any atom is 0.261 e. The lowest BCUT2D eigenvalue weighted by Crippen LogP contribution is -2.42. The zero-order chi connectivity index (χ0) is 28.1. The van der Waals surface area contributed by atoms with Gasteiger partial charge in [-0.3, -0.25) is 9.59 Å². The minimum atomic E-state index is -0.754. The lowest BCUT2D eigenvalue weighted by atomic mass is 9.82. The van der Waals surface area contributed by atoms with Gasteiger partial charge in [0.15, 0.2) is 23.0 Å². The number of para-hydroxylation sites is 1. The molecule has 3 aromatic rings. The molecule has 9 heteroatoms. The molecule has 0 aromatic heterocycles. The van der Waals surface area contributed by atoms with Crippen molar-refractivity contribution in [1.82, 2.24) is 0 Å². The van der Waals surface area contributed by atoms with Crippen molar-refractivity contribution >= 4 is 29.3 Å². The van der Waals surface area contributed by atoms with E-state index in [2.05, 4.69) is 4.90 Å². The highest BCUT2D eigenvalue weighted by atomic mass is 16.5. The van der Waals surface area contributed by atoms with Crippen molar-refractivity contribution in [3.63, 3.8) is 0 Å². The SMILES string of the molecule is COc1cc2c(cc1OC)C1C3C(=O)N(c4cc(OC)c(OC)c(OC)c4)C(=O)C3=Cc3ccccc3N1CC2. The molecule has 0 spiro atoms. The van der Waals surface area contributed by atoms with Crippen LogP contribution in [-0.2, 0) is 16.0 Å². The molecule has 0 bridgehead atoms. The fraction of sp³-hybridized carbons (Fsp3) is 0.290. The molecule has 206 valence electrons. The molecular weight excluding hydrogens is 512 g/mol. The number of methoxy groups -OCH3 is 5. The Bertz CT molecular complexity index is 1540. The van der Waals surface area contributed by atoms with Gasteiger partial charge < -0.3 is 28.6 Å². The van der Waals surface area contributed by atoms with E-state index in [4.69, 9.17) is 23.7 Å². The summed E-state index contributed by atoms with van der Waals surface area (Å²) in [5.74, 6) is 0.830. The van der Waals surface area contributed by atoms with Crippen LogP contribution in [0.4, 0.5) is 11.4 Å². The number of hydrogen-bond acceptors (Lipinski definition) is 8. The largest absolute Gasteiger partial charge is 0.493 e. The first-order valence-corrected chi connectivity index (χ1v) is 13.0. The summed E-state index contributed by atoms with van der Waals surface area (Å²) < 4.78 is 27.7. The molecule has 0 aliphatic carbocycles. The Morgan fingerprint density at radius 1 is 0.775 bits per heavy atom. The van der Waals surface area contributed by atoms with E-state index in [1.807, 2.05) is 42.5 Å². The van der Waals surface area contributed by atoms with Crippen molar-refractivity contribution in [2.75, 3.05) is 51.9 Å². The van der Waals surface area contributed by atoms with E-state index in [-0.39, 0.29) is 11.8 Å². The molecule has 0 radical (unpaired) electrons. The zero-order valence-corrected chi connectivity index (χ0v) is 23.0. The van der Waals surface area contributed by atoms with Crippen molar-refractivity contribution in [2.24, 2.45) is 5.92 Å². The van der Waals surface area contributed by atoms with E-state index < -0.39 is 12.0 Å². The lowest BCUT2D eigenvalue weighted by molar-refractivity contribution is -0.122. The van der Waals surface area contributed by atoms with Crippen molar-refractivity contribution in [3.05, 3.63) is 70.8 Å². The zero-order valence-electron chi connectivity index (χ0n) is 23.0. The molecule has 2 unspecified atom stereocenters. The standard InChI is InChI=1S/C31H30N2O7/c1-36-23-13-17-10-11-32-22-9-7-6-8-18(22)12-21-27(28(32)20(17)16-24(23)37-2)31(35)33(30(21)34)19-14-25(38-3)29(40-5)26(15-19)39-4/h6-9,12-16,27-28H,10-11H2,1-5H3. The summed E-state index contributed by atoms with van der Waals surface area (Å²) in [6, 6.07) is 14.7. The minimum absolute atomic E-state index is 0.323. The first-order chi connectivity index (χ1) is 19.4. The van der Waals surface area contributed by atoms with Gasteiger partial charge in [-0.15, -0.1) is 0 Å². The van der Waals surface area contributed by atoms with Crippen LogP contribution < -0.4 is 33.5 Å². The molecule has 3 aromatic carbocycles. The number of carbonyl (C=O) groups is 2. The van der Waals surface area contributed by atoms with Crippen molar-refractivity contribution in [3.8, 4) is 28.7 Å². The lowest BCUT2D eigenvalue weighted by Gasteiger charge is -2.41. The molecule has 9 nitrogen and oxygen atoms in total. The Hall–Kier alpha value is -4.66. The molecule has 1 saturated heterocycles. The highest BCUT2D eigenvalue weighted by Crippen LogP contribution is 2.52. The summed E-state index contributed by atoms with van der Waals surface area (Å²) in [5, 5.41) is 0. The number of ether oxygens (including phenoxy) is 5. The Morgan fingerprint density at radius 3 is 2.08 bits per heavy atom. The summed E-state index contributed by atoms with van der Waals surface area (Å²) in [4.78, 5) is 32.0. The number of rotatable bonds is 6. The van der Waals surface area contributed by atoms with Gasteiger partial charge in [0.2, 0.25) is 11.7 Å². The first-order valence-electron chi connectivity index (χ1n) is 13.0. The third-order valence-corrected chi connectivity index (χ3v) is 7.97. The van der Waals surface area contributed by atoms with Crippen LogP contribution >= 0.6 is 0 Å². The first kappa shape index (κ1) is 25.6. The Morgan fingerprint density at radius 2 is 1.43 bits per heavy atom. The Kier molecular flexibility index (Phi) is 6.29. The van der Waals surface area contributed by atoms with Crippen molar-refractivity contribution in [1.29, 1.82) is 0 Å². The van der Waals surface area contributed by atoms with Gasteiger partial charge in [0, 0.05) is 29.9 Å². The van der Waals surface area contributed by atoms with Crippen LogP contribution in [0.3, 0.4) is 0 Å². The monoisotopic (exact) mass is 542 g/mol. The fourth-order valence-corrected chi connectivity index (χ4v) is 6.18. The maximum atomic E-state index is 14.4. The van der Waals surface area contributed by atoms with E-state index in [0.717, 1.165) is 28.8 Å². The van der Waals surface area contributed by atoms with Crippen LogP contribution in [0.1, 0.15) is 22.7 Å². The van der Waals surface area contributed by atoms with E-state index in [1.165, 1.54) is 26.2 Å². The second kappa shape index (κ2) is 9.82. The number of fused-ring (bicyclic) bond motifs is 7. The topological polar surface area (TPSA) is 86.8 Å². The normalized spacial score (nSPS) is 19.1. The summed E-state index contributed by atoms with van der Waals surface area (Å²) in [7, 11) is 7.70. The number of anilines is 2. The predicted octanol–water partition coefficient (Wildman–Crippen LogP) is 4.42. The third-order valence-electron chi connectivity index (χ3n) is 7.97. The highest BCUT2D eigenvalue weighted by molar-refractivity contribution is 6.31. The van der Waals surface area contributed by atoms with Gasteiger partial charge in [0.1, 0.15) is 0 Å². The van der Waals surface area contributed by atoms with Gasteiger partial charge in [0.25, 0.3) is 5.91 Å². The molecule has 6 rings (SSSR count). The fourth-order valence-electron chi connectivity index (χ4n) is 6.18. The molecule has 0 N–H and O–H groups in total. The quantitative estimate of drug-likeness (QED) is 0.423. The van der Waals surface area contributed by atoms with E-state index in [0.29, 0.717) is 46.6 Å². The molecule has 3 aliphatic heterocycles. The van der Waals surface area contributed by atoms with Gasteiger partial charge in [-0.05, 0) is 47.4 Å². The van der Waals surface area contributed by atoms with Gasteiger partial charge in [0.05, 0.1) is 53.2 Å².